The van der Waals surface area contributed by atoms with Crippen molar-refractivity contribution in [2.24, 2.45) is 0 Å². The lowest BCUT2D eigenvalue weighted by Gasteiger charge is -2.11. The maximum atomic E-state index is 10.9. The maximum absolute atomic E-state index is 10.9. The number of ether oxygens (including phenoxy) is 1. The molecule has 0 aromatic heterocycles. The molecule has 0 unspecified atom stereocenters. The van der Waals surface area contributed by atoms with Crippen LogP contribution < -0.4 is 4.74 Å². The molecule has 5 nitrogen and oxygen atoms in total. The normalized spacial score (nSPS) is 11.0. The Morgan fingerprint density at radius 2 is 1.84 bits per heavy atom. The summed E-state index contributed by atoms with van der Waals surface area (Å²) in [5.74, 6) is -0.766. The van der Waals surface area contributed by atoms with Gasteiger partial charge in [-0.15, -0.1) is 0 Å². The Hall–Kier alpha value is -2.30. The predicted octanol–water partition coefficient (Wildman–Crippen LogP) is 5.08. The first kappa shape index (κ1) is 19.0. The van der Waals surface area contributed by atoms with Gasteiger partial charge in [0.15, 0.2) is 11.5 Å². The molecule has 2 aromatic rings. The maximum Gasteiger partial charge on any atom is 0.335 e. The van der Waals surface area contributed by atoms with E-state index in [9.17, 15) is 15.2 Å². The van der Waals surface area contributed by atoms with E-state index in [1.807, 2.05) is 0 Å². The number of aromatic carboxylic acids is 1. The first-order chi connectivity index (χ1) is 11.9. The highest BCUT2D eigenvalue weighted by molar-refractivity contribution is 9.13. The molecule has 0 radical (unpaired) electrons. The smallest absolute Gasteiger partial charge is 0.335 e. The Morgan fingerprint density at radius 1 is 1.24 bits per heavy atom. The van der Waals surface area contributed by atoms with Crippen LogP contribution in [0.3, 0.4) is 0 Å². The molecule has 0 heterocycles. The number of nitrogens with zero attached hydrogens (tertiary/aromatic N) is 1. The molecule has 2 aromatic carbocycles. The van der Waals surface area contributed by atoms with Crippen LogP contribution in [-0.2, 0) is 0 Å². The molecule has 0 saturated carbocycles. The standard InChI is InChI=1S/C18H13Br2NO4/c1-2-25-14-8-12(15(19)16(20)17(14)22)7-13(9-21)10-3-5-11(6-4-10)18(23)24/h3-8,22H,2H2,1H3,(H,23,24)/b13-7-. The van der Waals surface area contributed by atoms with Crippen molar-refractivity contribution in [1.82, 2.24) is 0 Å². The van der Waals surface area contributed by atoms with Crippen LogP contribution in [0, 0.1) is 11.3 Å². The molecule has 2 rings (SSSR count). The summed E-state index contributed by atoms with van der Waals surface area (Å²) >= 11 is 6.67. The van der Waals surface area contributed by atoms with Gasteiger partial charge < -0.3 is 14.9 Å². The summed E-state index contributed by atoms with van der Waals surface area (Å²) in [6.07, 6.45) is 1.63. The zero-order valence-electron chi connectivity index (χ0n) is 13.1. The van der Waals surface area contributed by atoms with Crippen LogP contribution in [0.15, 0.2) is 39.3 Å². The fourth-order valence-corrected chi connectivity index (χ4v) is 2.95. The fraction of sp³-hybridized carbons (Fsp3) is 0.111. The van der Waals surface area contributed by atoms with Crippen molar-refractivity contribution < 1.29 is 19.7 Å². The second kappa shape index (κ2) is 8.19. The molecule has 2 N–H and O–H groups in total. The Morgan fingerprint density at radius 3 is 2.36 bits per heavy atom. The predicted molar refractivity (Wildman–Crippen MR) is 102 cm³/mol. The number of halogens is 2. The lowest BCUT2D eigenvalue weighted by molar-refractivity contribution is 0.0697. The van der Waals surface area contributed by atoms with E-state index < -0.39 is 5.97 Å². The largest absolute Gasteiger partial charge is 0.503 e. The lowest BCUT2D eigenvalue weighted by Crippen LogP contribution is -1.96. The number of rotatable bonds is 5. The molecule has 0 atom stereocenters. The van der Waals surface area contributed by atoms with E-state index in [4.69, 9.17) is 9.84 Å². The molecule has 0 fully saturated rings. The van der Waals surface area contributed by atoms with Gasteiger partial charge in [-0.2, -0.15) is 5.26 Å². The summed E-state index contributed by atoms with van der Waals surface area (Å²) in [4.78, 5) is 10.9. The van der Waals surface area contributed by atoms with Gasteiger partial charge >= 0.3 is 5.97 Å². The average Bonchev–Trinajstić information content (AvgIpc) is 2.61. The summed E-state index contributed by atoms with van der Waals surface area (Å²) in [6, 6.07) is 9.76. The highest BCUT2D eigenvalue weighted by Crippen LogP contribution is 2.42. The monoisotopic (exact) mass is 465 g/mol. The van der Waals surface area contributed by atoms with Gasteiger partial charge in [-0.1, -0.05) is 12.1 Å². The van der Waals surface area contributed by atoms with Gasteiger partial charge in [0.25, 0.3) is 0 Å². The van der Waals surface area contributed by atoms with Gasteiger partial charge in [0.1, 0.15) is 0 Å². The van der Waals surface area contributed by atoms with Crippen molar-refractivity contribution in [1.29, 1.82) is 5.26 Å². The molecule has 7 heteroatoms. The van der Waals surface area contributed by atoms with Crippen molar-refractivity contribution in [3.05, 3.63) is 56.0 Å². The molecule has 0 spiro atoms. The molecular weight excluding hydrogens is 454 g/mol. The van der Waals surface area contributed by atoms with Gasteiger partial charge in [0.2, 0.25) is 0 Å². The van der Waals surface area contributed by atoms with Crippen LogP contribution in [-0.4, -0.2) is 22.8 Å². The Kier molecular flexibility index (Phi) is 6.23. The molecule has 0 aliphatic carbocycles. The Labute approximate surface area is 161 Å². The third-order valence-corrected chi connectivity index (χ3v) is 5.50. The van der Waals surface area contributed by atoms with E-state index in [-0.39, 0.29) is 11.3 Å². The number of nitriles is 1. The van der Waals surface area contributed by atoms with E-state index in [0.717, 1.165) is 0 Å². The van der Waals surface area contributed by atoms with E-state index >= 15 is 0 Å². The Bertz CT molecular complexity index is 883. The second-order valence-electron chi connectivity index (χ2n) is 4.93. The second-order valence-corrected chi connectivity index (χ2v) is 6.51. The SMILES string of the molecule is CCOc1cc(/C=C(/C#N)c2ccc(C(=O)O)cc2)c(Br)c(Br)c1O. The summed E-state index contributed by atoms with van der Waals surface area (Å²) < 4.78 is 6.39. The topological polar surface area (TPSA) is 90.5 Å². The molecule has 0 amide bonds. The minimum atomic E-state index is -1.03. The van der Waals surface area contributed by atoms with Crippen LogP contribution >= 0.6 is 31.9 Å². The van der Waals surface area contributed by atoms with Gasteiger partial charge in [0.05, 0.1) is 28.3 Å². The molecule has 0 bridgehead atoms. The minimum absolute atomic E-state index is 0.0322. The molecule has 0 aliphatic rings. The van der Waals surface area contributed by atoms with E-state index in [0.29, 0.717) is 38.0 Å². The van der Waals surface area contributed by atoms with Crippen LogP contribution in [0.1, 0.15) is 28.4 Å². The third-order valence-electron chi connectivity index (χ3n) is 3.34. The van der Waals surface area contributed by atoms with Gasteiger partial charge in [-0.3, -0.25) is 0 Å². The number of phenols is 1. The lowest BCUT2D eigenvalue weighted by atomic mass is 10.0. The molecule has 0 aliphatic heterocycles. The van der Waals surface area contributed by atoms with Crippen LogP contribution in [0.4, 0.5) is 0 Å². The summed E-state index contributed by atoms with van der Waals surface area (Å²) in [6.45, 7) is 2.18. The summed E-state index contributed by atoms with van der Waals surface area (Å²) in [5.41, 5.74) is 1.71. The first-order valence-corrected chi connectivity index (χ1v) is 8.76. The number of allylic oxidation sites excluding steroid dienone is 1. The number of hydrogen-bond acceptors (Lipinski definition) is 4. The van der Waals surface area contributed by atoms with E-state index in [1.54, 1.807) is 31.2 Å². The number of carboxylic acid groups (broad SMARTS) is 1. The van der Waals surface area contributed by atoms with Crippen molar-refractivity contribution in [2.45, 2.75) is 6.92 Å². The molecule has 0 saturated heterocycles. The van der Waals surface area contributed by atoms with Crippen molar-refractivity contribution in [3.8, 4) is 17.6 Å². The highest BCUT2D eigenvalue weighted by atomic mass is 79.9. The van der Waals surface area contributed by atoms with Gasteiger partial charge in [-0.25, -0.2) is 4.79 Å². The molecule has 128 valence electrons. The van der Waals surface area contributed by atoms with Crippen molar-refractivity contribution in [2.75, 3.05) is 6.61 Å². The summed E-state index contributed by atoms with van der Waals surface area (Å²) in [7, 11) is 0. The first-order valence-electron chi connectivity index (χ1n) is 7.18. The minimum Gasteiger partial charge on any atom is -0.503 e. The van der Waals surface area contributed by atoms with Gasteiger partial charge in [-0.05, 0) is 74.2 Å². The summed E-state index contributed by atoms with van der Waals surface area (Å²) in [5, 5.41) is 28.5. The van der Waals surface area contributed by atoms with Crippen LogP contribution in [0.2, 0.25) is 0 Å². The molecule has 25 heavy (non-hydrogen) atoms. The van der Waals surface area contributed by atoms with Crippen molar-refractivity contribution >= 4 is 49.5 Å². The fourth-order valence-electron chi connectivity index (χ4n) is 2.11. The highest BCUT2D eigenvalue weighted by Gasteiger charge is 2.15. The number of aromatic hydroxyl groups is 1. The Balaban J connectivity index is 2.52. The van der Waals surface area contributed by atoms with E-state index in [2.05, 4.69) is 37.9 Å². The number of benzene rings is 2. The van der Waals surface area contributed by atoms with Crippen LogP contribution in [0.5, 0.6) is 11.5 Å². The molecular formula is C18H13Br2NO4. The van der Waals surface area contributed by atoms with E-state index in [1.165, 1.54) is 12.1 Å². The quantitative estimate of drug-likeness (QED) is 0.473. The average molecular weight is 467 g/mol. The third kappa shape index (κ3) is 4.21. The van der Waals surface area contributed by atoms with Gasteiger partial charge in [0, 0.05) is 4.47 Å². The number of carbonyl (C=O) groups is 1. The number of hydrogen-bond donors (Lipinski definition) is 2. The zero-order valence-corrected chi connectivity index (χ0v) is 16.3. The van der Waals surface area contributed by atoms with Crippen LogP contribution in [0.25, 0.3) is 11.6 Å². The van der Waals surface area contributed by atoms with Crippen molar-refractivity contribution in [3.63, 3.8) is 0 Å². The number of carboxylic acids is 1. The zero-order chi connectivity index (χ0) is 18.6. The number of phenolic OH excluding ortho intramolecular Hbond substituents is 1.